The first-order valence-electron chi connectivity index (χ1n) is 6.87. The molecule has 1 aromatic rings. The Bertz CT molecular complexity index is 411. The molecule has 1 fully saturated rings. The molecule has 2 unspecified atom stereocenters. The standard InChI is InChI=1S/C14H21Br2N3/c1-3-5-19-6-4-10(8-17-2)14(19)13-12(16)7-11(15)9-18-13/h7,9-10,14,17H,3-6,8H2,1-2H3. The molecule has 106 valence electrons. The SMILES string of the molecule is CCCN1CCC(CNC)C1c1ncc(Br)cc1Br. The first-order valence-corrected chi connectivity index (χ1v) is 8.45. The topological polar surface area (TPSA) is 28.2 Å². The highest BCUT2D eigenvalue weighted by molar-refractivity contribution is 9.11. The van der Waals surface area contributed by atoms with Gasteiger partial charge in [0.2, 0.25) is 0 Å². The van der Waals surface area contributed by atoms with Crippen LogP contribution in [0.15, 0.2) is 21.2 Å². The average molecular weight is 391 g/mol. The van der Waals surface area contributed by atoms with Gasteiger partial charge in [0.1, 0.15) is 0 Å². The summed E-state index contributed by atoms with van der Waals surface area (Å²) >= 11 is 7.15. The van der Waals surface area contributed by atoms with E-state index in [0.717, 1.165) is 22.0 Å². The van der Waals surface area contributed by atoms with E-state index in [1.54, 1.807) is 0 Å². The van der Waals surface area contributed by atoms with Crippen molar-refractivity contribution in [3.05, 3.63) is 26.9 Å². The van der Waals surface area contributed by atoms with Crippen molar-refractivity contribution < 1.29 is 0 Å². The summed E-state index contributed by atoms with van der Waals surface area (Å²) < 4.78 is 2.13. The lowest BCUT2D eigenvalue weighted by atomic mass is 9.97. The molecule has 2 atom stereocenters. The van der Waals surface area contributed by atoms with Gasteiger partial charge >= 0.3 is 0 Å². The van der Waals surface area contributed by atoms with Crippen LogP contribution in [0.4, 0.5) is 0 Å². The fourth-order valence-electron chi connectivity index (χ4n) is 2.98. The molecule has 1 aliphatic rings. The van der Waals surface area contributed by atoms with Crippen molar-refractivity contribution in [1.29, 1.82) is 0 Å². The van der Waals surface area contributed by atoms with E-state index in [0.29, 0.717) is 12.0 Å². The van der Waals surface area contributed by atoms with Gasteiger partial charge < -0.3 is 5.32 Å². The Balaban J connectivity index is 2.29. The first-order chi connectivity index (χ1) is 9.17. The van der Waals surface area contributed by atoms with Crippen LogP contribution in [0.3, 0.4) is 0 Å². The Morgan fingerprint density at radius 3 is 2.89 bits per heavy atom. The monoisotopic (exact) mass is 389 g/mol. The van der Waals surface area contributed by atoms with Gasteiger partial charge in [0.05, 0.1) is 11.7 Å². The number of nitrogens with zero attached hydrogens (tertiary/aromatic N) is 2. The minimum atomic E-state index is 0.426. The number of rotatable bonds is 5. The smallest absolute Gasteiger partial charge is 0.0721 e. The summed E-state index contributed by atoms with van der Waals surface area (Å²) in [5.74, 6) is 0.640. The molecular weight excluding hydrogens is 370 g/mol. The molecule has 1 saturated heterocycles. The summed E-state index contributed by atoms with van der Waals surface area (Å²) in [4.78, 5) is 7.23. The molecule has 2 rings (SSSR count). The highest BCUT2D eigenvalue weighted by atomic mass is 79.9. The molecule has 0 amide bonds. The molecule has 0 spiro atoms. The summed E-state index contributed by atoms with van der Waals surface area (Å²) in [6, 6.07) is 2.52. The summed E-state index contributed by atoms with van der Waals surface area (Å²) in [5.41, 5.74) is 1.18. The van der Waals surface area contributed by atoms with Gasteiger partial charge in [0.15, 0.2) is 0 Å². The van der Waals surface area contributed by atoms with E-state index in [4.69, 9.17) is 0 Å². The van der Waals surface area contributed by atoms with Crippen LogP contribution in [0.25, 0.3) is 0 Å². The molecule has 19 heavy (non-hydrogen) atoms. The van der Waals surface area contributed by atoms with Gasteiger partial charge in [-0.05, 0) is 83.4 Å². The van der Waals surface area contributed by atoms with E-state index in [2.05, 4.69) is 60.1 Å². The second kappa shape index (κ2) is 7.16. The van der Waals surface area contributed by atoms with E-state index in [9.17, 15) is 0 Å². The average Bonchev–Trinajstić information content (AvgIpc) is 2.74. The number of likely N-dealkylation sites (tertiary alicyclic amines) is 1. The van der Waals surface area contributed by atoms with Crippen molar-refractivity contribution in [2.24, 2.45) is 5.92 Å². The zero-order valence-electron chi connectivity index (χ0n) is 11.5. The summed E-state index contributed by atoms with van der Waals surface area (Å²) in [7, 11) is 2.03. The van der Waals surface area contributed by atoms with Gasteiger partial charge in [-0.25, -0.2) is 0 Å². The summed E-state index contributed by atoms with van der Waals surface area (Å²) in [6.45, 7) is 5.62. The quantitative estimate of drug-likeness (QED) is 0.832. The zero-order valence-corrected chi connectivity index (χ0v) is 14.7. The zero-order chi connectivity index (χ0) is 13.8. The molecule has 2 heterocycles. The molecule has 0 bridgehead atoms. The highest BCUT2D eigenvalue weighted by Gasteiger charge is 2.36. The predicted octanol–water partition coefficient (Wildman–Crippen LogP) is 3.60. The maximum Gasteiger partial charge on any atom is 0.0721 e. The normalized spacial score (nSPS) is 24.0. The maximum atomic E-state index is 4.66. The maximum absolute atomic E-state index is 4.66. The second-order valence-electron chi connectivity index (χ2n) is 5.11. The van der Waals surface area contributed by atoms with Crippen molar-refractivity contribution in [3.63, 3.8) is 0 Å². The number of nitrogens with one attached hydrogen (secondary N) is 1. The number of hydrogen-bond donors (Lipinski definition) is 1. The van der Waals surface area contributed by atoms with E-state index < -0.39 is 0 Å². The van der Waals surface area contributed by atoms with Crippen LogP contribution < -0.4 is 5.32 Å². The third kappa shape index (κ3) is 3.57. The number of aromatic nitrogens is 1. The van der Waals surface area contributed by atoms with Crippen LogP contribution in [0.2, 0.25) is 0 Å². The van der Waals surface area contributed by atoms with Crippen LogP contribution in [0.1, 0.15) is 31.5 Å². The molecule has 1 aliphatic heterocycles. The molecule has 3 nitrogen and oxygen atoms in total. The Hall–Kier alpha value is 0.0300. The lowest BCUT2D eigenvalue weighted by Crippen LogP contribution is -2.30. The van der Waals surface area contributed by atoms with Crippen LogP contribution in [0, 0.1) is 5.92 Å². The molecule has 5 heteroatoms. The predicted molar refractivity (Wildman–Crippen MR) is 86.3 cm³/mol. The largest absolute Gasteiger partial charge is 0.319 e. The van der Waals surface area contributed by atoms with E-state index in [-0.39, 0.29) is 0 Å². The molecule has 0 aliphatic carbocycles. The van der Waals surface area contributed by atoms with Crippen molar-refractivity contribution >= 4 is 31.9 Å². The number of hydrogen-bond acceptors (Lipinski definition) is 3. The minimum Gasteiger partial charge on any atom is -0.319 e. The Kier molecular flexibility index (Phi) is 5.81. The van der Waals surface area contributed by atoms with Gasteiger partial charge in [-0.2, -0.15) is 0 Å². The highest BCUT2D eigenvalue weighted by Crippen LogP contribution is 2.39. The molecule has 1 N–H and O–H groups in total. The van der Waals surface area contributed by atoms with Crippen molar-refractivity contribution in [2.75, 3.05) is 26.7 Å². The van der Waals surface area contributed by atoms with E-state index >= 15 is 0 Å². The summed E-state index contributed by atoms with van der Waals surface area (Å²) in [5, 5.41) is 3.32. The van der Waals surface area contributed by atoms with Crippen molar-refractivity contribution in [1.82, 2.24) is 15.2 Å². The number of pyridine rings is 1. The van der Waals surface area contributed by atoms with Crippen molar-refractivity contribution in [3.8, 4) is 0 Å². The number of halogens is 2. The summed E-state index contributed by atoms with van der Waals surface area (Å²) in [6.07, 6.45) is 4.34. The second-order valence-corrected chi connectivity index (χ2v) is 6.88. The van der Waals surface area contributed by atoms with E-state index in [1.807, 2.05) is 13.2 Å². The Labute approximate surface area is 132 Å². The Morgan fingerprint density at radius 2 is 2.26 bits per heavy atom. The van der Waals surface area contributed by atoms with Gasteiger partial charge in [-0.1, -0.05) is 6.92 Å². The van der Waals surface area contributed by atoms with Gasteiger partial charge in [-0.3, -0.25) is 9.88 Å². The van der Waals surface area contributed by atoms with Gasteiger partial charge in [0, 0.05) is 15.1 Å². The third-order valence-electron chi connectivity index (χ3n) is 3.72. The van der Waals surface area contributed by atoms with Gasteiger partial charge in [0.25, 0.3) is 0 Å². The first kappa shape index (κ1) is 15.4. The molecule has 1 aromatic heterocycles. The van der Waals surface area contributed by atoms with Crippen molar-refractivity contribution in [2.45, 2.75) is 25.8 Å². The van der Waals surface area contributed by atoms with Crippen LogP contribution in [0.5, 0.6) is 0 Å². The van der Waals surface area contributed by atoms with Crippen LogP contribution in [-0.2, 0) is 0 Å². The lowest BCUT2D eigenvalue weighted by molar-refractivity contribution is 0.222. The lowest BCUT2D eigenvalue weighted by Gasteiger charge is -2.28. The fraction of sp³-hybridized carbons (Fsp3) is 0.643. The van der Waals surface area contributed by atoms with E-state index in [1.165, 1.54) is 25.1 Å². The molecule has 0 radical (unpaired) electrons. The van der Waals surface area contributed by atoms with Crippen LogP contribution >= 0.6 is 31.9 Å². The Morgan fingerprint density at radius 1 is 1.47 bits per heavy atom. The minimum absolute atomic E-state index is 0.426. The molecular formula is C14H21Br2N3. The third-order valence-corrected chi connectivity index (χ3v) is 4.79. The van der Waals surface area contributed by atoms with Gasteiger partial charge in [-0.15, -0.1) is 0 Å². The molecule has 0 aromatic carbocycles. The fourth-order valence-corrected chi connectivity index (χ4v) is 4.20. The van der Waals surface area contributed by atoms with Crippen LogP contribution in [-0.4, -0.2) is 36.6 Å². The molecule has 0 saturated carbocycles.